The number of nitrogens with one attached hydrogen (secondary N) is 1. The van der Waals surface area contributed by atoms with Gasteiger partial charge in [-0.2, -0.15) is 4.98 Å². The molecule has 2 aromatic heterocycles. The van der Waals surface area contributed by atoms with E-state index in [-0.39, 0.29) is 29.7 Å². The smallest absolute Gasteiger partial charge is 0.340 e. The number of rotatable bonds is 9. The number of benzene rings is 1. The van der Waals surface area contributed by atoms with Crippen molar-refractivity contribution >= 4 is 28.9 Å². The van der Waals surface area contributed by atoms with Gasteiger partial charge >= 0.3 is 5.97 Å². The SMILES string of the molecule is COc1cc(NC(=O)c2cccs2)c(C(=O)OCc2nc(CC(C)C)no2)cc1OC. The van der Waals surface area contributed by atoms with Crippen LogP contribution >= 0.6 is 11.3 Å². The quantitative estimate of drug-likeness (QED) is 0.493. The molecule has 164 valence electrons. The Kier molecular flexibility index (Phi) is 7.24. The first-order chi connectivity index (χ1) is 14.9. The second kappa shape index (κ2) is 10.1. The molecule has 1 amide bonds. The monoisotopic (exact) mass is 445 g/mol. The number of carbonyl (C=O) groups is 2. The van der Waals surface area contributed by atoms with E-state index in [2.05, 4.69) is 15.5 Å². The summed E-state index contributed by atoms with van der Waals surface area (Å²) in [5.74, 6) is 0.743. The van der Waals surface area contributed by atoms with Gasteiger partial charge < -0.3 is 24.1 Å². The minimum Gasteiger partial charge on any atom is -0.493 e. The highest BCUT2D eigenvalue weighted by molar-refractivity contribution is 7.12. The van der Waals surface area contributed by atoms with E-state index in [9.17, 15) is 9.59 Å². The molecule has 0 aliphatic carbocycles. The Morgan fingerprint density at radius 1 is 1.19 bits per heavy atom. The Morgan fingerprint density at radius 2 is 1.94 bits per heavy atom. The zero-order valence-electron chi connectivity index (χ0n) is 17.6. The fraction of sp³-hybridized carbons (Fsp3) is 0.333. The predicted molar refractivity (Wildman–Crippen MR) is 114 cm³/mol. The molecule has 0 radical (unpaired) electrons. The lowest BCUT2D eigenvalue weighted by atomic mass is 10.1. The highest BCUT2D eigenvalue weighted by Crippen LogP contribution is 2.34. The Labute approximate surface area is 183 Å². The van der Waals surface area contributed by atoms with E-state index < -0.39 is 5.97 Å². The van der Waals surface area contributed by atoms with Gasteiger partial charge in [-0.15, -0.1) is 11.3 Å². The van der Waals surface area contributed by atoms with Crippen LogP contribution in [-0.2, 0) is 17.8 Å². The zero-order chi connectivity index (χ0) is 22.4. The number of hydrogen-bond donors (Lipinski definition) is 1. The van der Waals surface area contributed by atoms with E-state index in [1.807, 2.05) is 13.8 Å². The molecular formula is C21H23N3O6S. The molecule has 0 aliphatic heterocycles. The van der Waals surface area contributed by atoms with E-state index in [1.165, 1.54) is 37.7 Å². The Balaban J connectivity index is 1.80. The van der Waals surface area contributed by atoms with Crippen molar-refractivity contribution in [2.45, 2.75) is 26.9 Å². The van der Waals surface area contributed by atoms with Crippen molar-refractivity contribution in [1.29, 1.82) is 0 Å². The standard InChI is InChI=1S/C21H23N3O6S/c1-12(2)8-18-23-19(30-24-18)11-29-21(26)13-9-15(27-3)16(28-4)10-14(13)22-20(25)17-6-5-7-31-17/h5-7,9-10,12H,8,11H2,1-4H3,(H,22,25). The summed E-state index contributed by atoms with van der Waals surface area (Å²) in [6.45, 7) is 3.88. The number of anilines is 1. The molecule has 10 heteroatoms. The molecule has 1 N–H and O–H groups in total. The summed E-state index contributed by atoms with van der Waals surface area (Å²) in [5.41, 5.74) is 0.330. The number of methoxy groups -OCH3 is 2. The van der Waals surface area contributed by atoms with Crippen molar-refractivity contribution < 1.29 is 28.3 Å². The molecule has 3 rings (SSSR count). The van der Waals surface area contributed by atoms with Gasteiger partial charge in [-0.25, -0.2) is 4.79 Å². The van der Waals surface area contributed by atoms with Crippen molar-refractivity contribution in [3.05, 3.63) is 51.8 Å². The predicted octanol–water partition coefficient (Wildman–Crippen LogP) is 3.96. The van der Waals surface area contributed by atoms with Crippen molar-refractivity contribution in [2.75, 3.05) is 19.5 Å². The number of hydrogen-bond acceptors (Lipinski definition) is 9. The number of thiophene rings is 1. The molecule has 0 unspecified atom stereocenters. The van der Waals surface area contributed by atoms with Crippen LogP contribution in [-0.4, -0.2) is 36.2 Å². The first kappa shape index (κ1) is 22.3. The average molecular weight is 445 g/mol. The average Bonchev–Trinajstić information content (AvgIpc) is 3.43. The third-order valence-electron chi connectivity index (χ3n) is 4.16. The number of ether oxygens (including phenoxy) is 3. The van der Waals surface area contributed by atoms with Gasteiger partial charge in [0.05, 0.1) is 30.3 Å². The second-order valence-corrected chi connectivity index (χ2v) is 7.91. The summed E-state index contributed by atoms with van der Waals surface area (Å²) < 4.78 is 21.0. The van der Waals surface area contributed by atoms with Gasteiger partial charge in [0.1, 0.15) is 0 Å². The molecule has 31 heavy (non-hydrogen) atoms. The summed E-state index contributed by atoms with van der Waals surface area (Å²) in [4.78, 5) is 30.0. The molecule has 0 spiro atoms. The fourth-order valence-corrected chi connectivity index (χ4v) is 3.36. The van der Waals surface area contributed by atoms with Crippen molar-refractivity contribution in [3.8, 4) is 11.5 Å². The highest BCUT2D eigenvalue weighted by Gasteiger charge is 2.21. The summed E-state index contributed by atoms with van der Waals surface area (Å²) in [6, 6.07) is 6.40. The third kappa shape index (κ3) is 5.60. The maximum atomic E-state index is 12.8. The number of nitrogens with zero attached hydrogens (tertiary/aromatic N) is 2. The molecule has 1 aromatic carbocycles. The van der Waals surface area contributed by atoms with Gasteiger partial charge in [0, 0.05) is 18.6 Å². The third-order valence-corrected chi connectivity index (χ3v) is 5.03. The zero-order valence-corrected chi connectivity index (χ0v) is 18.4. The molecule has 0 bridgehead atoms. The minimum absolute atomic E-state index is 0.101. The topological polar surface area (TPSA) is 113 Å². The maximum absolute atomic E-state index is 12.8. The Bertz CT molecular complexity index is 1050. The van der Waals surface area contributed by atoms with Crippen molar-refractivity contribution in [3.63, 3.8) is 0 Å². The van der Waals surface area contributed by atoms with Crippen LogP contribution < -0.4 is 14.8 Å². The lowest BCUT2D eigenvalue weighted by Crippen LogP contribution is -2.15. The first-order valence-electron chi connectivity index (χ1n) is 9.50. The van der Waals surface area contributed by atoms with Crippen LogP contribution in [0.25, 0.3) is 0 Å². The number of esters is 1. The molecule has 0 atom stereocenters. The van der Waals surface area contributed by atoms with Crippen molar-refractivity contribution in [2.24, 2.45) is 5.92 Å². The number of amides is 1. The van der Waals surface area contributed by atoms with Crippen LogP contribution in [0.5, 0.6) is 11.5 Å². The van der Waals surface area contributed by atoms with Crippen LogP contribution in [0.1, 0.15) is 45.6 Å². The van der Waals surface area contributed by atoms with E-state index in [1.54, 1.807) is 17.5 Å². The Morgan fingerprint density at radius 3 is 2.58 bits per heavy atom. The van der Waals surface area contributed by atoms with E-state index >= 15 is 0 Å². The van der Waals surface area contributed by atoms with Crippen molar-refractivity contribution in [1.82, 2.24) is 10.1 Å². The molecule has 3 aromatic rings. The van der Waals surface area contributed by atoms with Crippen LogP contribution in [0.2, 0.25) is 0 Å². The van der Waals surface area contributed by atoms with Gasteiger partial charge in [-0.3, -0.25) is 4.79 Å². The first-order valence-corrected chi connectivity index (χ1v) is 10.4. The highest BCUT2D eigenvalue weighted by atomic mass is 32.1. The molecule has 0 saturated carbocycles. The molecule has 0 fully saturated rings. The summed E-state index contributed by atoms with van der Waals surface area (Å²) in [6.07, 6.45) is 0.659. The van der Waals surface area contributed by atoms with Gasteiger partial charge in [0.15, 0.2) is 23.9 Å². The van der Waals surface area contributed by atoms with E-state index in [0.717, 1.165) is 0 Å². The second-order valence-electron chi connectivity index (χ2n) is 6.96. The summed E-state index contributed by atoms with van der Waals surface area (Å²) in [5, 5.41) is 8.39. The van der Waals surface area contributed by atoms with E-state index in [4.69, 9.17) is 18.7 Å². The number of carbonyl (C=O) groups excluding carboxylic acids is 2. The molecular weight excluding hydrogens is 422 g/mol. The van der Waals surface area contributed by atoms with Crippen LogP contribution in [0, 0.1) is 5.92 Å². The normalized spacial score (nSPS) is 10.7. The van der Waals surface area contributed by atoms with Gasteiger partial charge in [-0.1, -0.05) is 25.1 Å². The molecule has 9 nitrogen and oxygen atoms in total. The fourth-order valence-electron chi connectivity index (χ4n) is 2.74. The lowest BCUT2D eigenvalue weighted by Gasteiger charge is -2.14. The van der Waals surface area contributed by atoms with Gasteiger partial charge in [0.25, 0.3) is 11.8 Å². The van der Waals surface area contributed by atoms with Crippen LogP contribution in [0.4, 0.5) is 5.69 Å². The largest absolute Gasteiger partial charge is 0.493 e. The molecule has 2 heterocycles. The summed E-state index contributed by atoms with van der Waals surface area (Å²) in [7, 11) is 2.91. The van der Waals surface area contributed by atoms with Gasteiger partial charge in [0.2, 0.25) is 0 Å². The maximum Gasteiger partial charge on any atom is 0.340 e. The minimum atomic E-state index is -0.689. The number of aromatic nitrogens is 2. The molecule has 0 saturated heterocycles. The van der Waals surface area contributed by atoms with Crippen LogP contribution in [0.15, 0.2) is 34.2 Å². The van der Waals surface area contributed by atoms with Crippen LogP contribution in [0.3, 0.4) is 0 Å². The van der Waals surface area contributed by atoms with Gasteiger partial charge in [-0.05, 0) is 17.4 Å². The lowest BCUT2D eigenvalue weighted by molar-refractivity contribution is 0.0430. The Hall–Kier alpha value is -3.40. The summed E-state index contributed by atoms with van der Waals surface area (Å²) >= 11 is 1.28. The molecule has 0 aliphatic rings. The van der Waals surface area contributed by atoms with E-state index in [0.29, 0.717) is 34.5 Å².